The summed E-state index contributed by atoms with van der Waals surface area (Å²) in [4.78, 5) is 4.13. The molecule has 0 saturated heterocycles. The quantitative estimate of drug-likeness (QED) is 0.783. The molecule has 0 fully saturated rings. The standard InChI is InChI=1S/C13H12N4/c14-6-8-17-12-5-1-4-11(12)13(16-17)10-3-2-7-15-9-10/h2-3,7,9H,1,4-5,8H2. The molecule has 4 heteroatoms. The molecule has 0 radical (unpaired) electrons. The fourth-order valence-corrected chi connectivity index (χ4v) is 2.44. The van der Waals surface area contributed by atoms with Gasteiger partial charge in [0.2, 0.25) is 0 Å². The fourth-order valence-electron chi connectivity index (χ4n) is 2.44. The highest BCUT2D eigenvalue weighted by Gasteiger charge is 2.22. The highest BCUT2D eigenvalue weighted by Crippen LogP contribution is 2.31. The number of pyridine rings is 1. The Kier molecular flexibility index (Phi) is 2.37. The van der Waals surface area contributed by atoms with Gasteiger partial charge in [0.15, 0.2) is 0 Å². The number of hydrogen-bond acceptors (Lipinski definition) is 3. The van der Waals surface area contributed by atoms with Crippen molar-refractivity contribution in [3.63, 3.8) is 0 Å². The van der Waals surface area contributed by atoms with Crippen LogP contribution in [0.25, 0.3) is 11.3 Å². The van der Waals surface area contributed by atoms with Crippen LogP contribution in [0.4, 0.5) is 0 Å². The summed E-state index contributed by atoms with van der Waals surface area (Å²) in [5.41, 5.74) is 4.57. The van der Waals surface area contributed by atoms with E-state index in [1.165, 1.54) is 11.3 Å². The number of aromatic nitrogens is 3. The Morgan fingerprint density at radius 3 is 3.12 bits per heavy atom. The zero-order chi connectivity index (χ0) is 11.7. The SMILES string of the molecule is N#CCn1nc(-c2cccnc2)c2c1CCC2. The molecule has 0 bridgehead atoms. The van der Waals surface area contributed by atoms with Crippen LogP contribution >= 0.6 is 0 Å². The van der Waals surface area contributed by atoms with Crippen LogP contribution in [0.15, 0.2) is 24.5 Å². The maximum atomic E-state index is 8.81. The first kappa shape index (κ1) is 10.0. The molecule has 84 valence electrons. The second-order valence-corrected chi connectivity index (χ2v) is 4.18. The maximum absolute atomic E-state index is 8.81. The van der Waals surface area contributed by atoms with Gasteiger partial charge in [0.25, 0.3) is 0 Å². The lowest BCUT2D eigenvalue weighted by Gasteiger charge is -1.98. The molecule has 2 aromatic heterocycles. The molecule has 1 aliphatic rings. The highest BCUT2D eigenvalue weighted by molar-refractivity contribution is 5.64. The van der Waals surface area contributed by atoms with Crippen LogP contribution in [-0.4, -0.2) is 14.8 Å². The number of fused-ring (bicyclic) bond motifs is 1. The molecule has 0 amide bonds. The Morgan fingerprint density at radius 1 is 1.41 bits per heavy atom. The zero-order valence-corrected chi connectivity index (χ0v) is 9.43. The molecule has 2 heterocycles. The van der Waals surface area contributed by atoms with Crippen molar-refractivity contribution in [1.29, 1.82) is 5.26 Å². The second-order valence-electron chi connectivity index (χ2n) is 4.18. The van der Waals surface area contributed by atoms with E-state index in [-0.39, 0.29) is 0 Å². The van der Waals surface area contributed by atoms with Crippen molar-refractivity contribution in [2.24, 2.45) is 0 Å². The molecule has 4 nitrogen and oxygen atoms in total. The van der Waals surface area contributed by atoms with Crippen LogP contribution in [0.1, 0.15) is 17.7 Å². The van der Waals surface area contributed by atoms with Crippen molar-refractivity contribution in [3.05, 3.63) is 35.8 Å². The number of nitrogens with zero attached hydrogens (tertiary/aromatic N) is 4. The van der Waals surface area contributed by atoms with E-state index < -0.39 is 0 Å². The molecule has 0 N–H and O–H groups in total. The average Bonchev–Trinajstić information content (AvgIpc) is 2.94. The third-order valence-corrected chi connectivity index (χ3v) is 3.16. The monoisotopic (exact) mass is 224 g/mol. The lowest BCUT2D eigenvalue weighted by Crippen LogP contribution is -2.02. The molecule has 2 aromatic rings. The molecule has 0 spiro atoms. The van der Waals surface area contributed by atoms with Gasteiger partial charge in [0, 0.05) is 29.2 Å². The van der Waals surface area contributed by atoms with E-state index in [2.05, 4.69) is 16.2 Å². The fraction of sp³-hybridized carbons (Fsp3) is 0.308. The third-order valence-electron chi connectivity index (χ3n) is 3.16. The highest BCUT2D eigenvalue weighted by atomic mass is 15.3. The molecular weight excluding hydrogens is 212 g/mol. The van der Waals surface area contributed by atoms with Crippen LogP contribution in [0, 0.1) is 11.3 Å². The lowest BCUT2D eigenvalue weighted by atomic mass is 10.1. The summed E-state index contributed by atoms with van der Waals surface area (Å²) < 4.78 is 1.84. The number of nitriles is 1. The summed E-state index contributed by atoms with van der Waals surface area (Å²) in [5.74, 6) is 0. The van der Waals surface area contributed by atoms with Crippen molar-refractivity contribution in [2.75, 3.05) is 0 Å². The molecule has 3 rings (SSSR count). The summed E-state index contributed by atoms with van der Waals surface area (Å²) in [5, 5.41) is 13.4. The largest absolute Gasteiger partial charge is 0.264 e. The Bertz CT molecular complexity index is 577. The van der Waals surface area contributed by atoms with Crippen molar-refractivity contribution >= 4 is 0 Å². The van der Waals surface area contributed by atoms with E-state index in [9.17, 15) is 0 Å². The maximum Gasteiger partial charge on any atom is 0.128 e. The molecule has 0 saturated carbocycles. The van der Waals surface area contributed by atoms with Gasteiger partial charge in [0.1, 0.15) is 6.54 Å². The predicted molar refractivity (Wildman–Crippen MR) is 63.1 cm³/mol. The summed E-state index contributed by atoms with van der Waals surface area (Å²) >= 11 is 0. The molecular formula is C13H12N4. The van der Waals surface area contributed by atoms with Crippen molar-refractivity contribution in [3.8, 4) is 17.3 Å². The first-order chi connectivity index (χ1) is 8.40. The van der Waals surface area contributed by atoms with Crippen LogP contribution in [-0.2, 0) is 19.4 Å². The van der Waals surface area contributed by atoms with Crippen molar-refractivity contribution in [1.82, 2.24) is 14.8 Å². The first-order valence-electron chi connectivity index (χ1n) is 5.76. The molecule has 0 aromatic carbocycles. The van der Waals surface area contributed by atoms with E-state index in [0.29, 0.717) is 6.54 Å². The normalized spacial score (nSPS) is 13.4. The summed E-state index contributed by atoms with van der Waals surface area (Å²) in [6.07, 6.45) is 6.84. The Hall–Kier alpha value is -2.15. The van der Waals surface area contributed by atoms with Gasteiger partial charge in [-0.3, -0.25) is 9.67 Å². The number of hydrogen-bond donors (Lipinski definition) is 0. The number of rotatable bonds is 2. The Morgan fingerprint density at radius 2 is 2.35 bits per heavy atom. The van der Waals surface area contributed by atoms with Crippen LogP contribution in [0.5, 0.6) is 0 Å². The van der Waals surface area contributed by atoms with Crippen LogP contribution in [0.2, 0.25) is 0 Å². The molecule has 1 aliphatic carbocycles. The predicted octanol–water partition coefficient (Wildman–Crippen LogP) is 1.96. The van der Waals surface area contributed by atoms with Gasteiger partial charge in [0.05, 0.1) is 11.8 Å². The topological polar surface area (TPSA) is 54.5 Å². The van der Waals surface area contributed by atoms with Gasteiger partial charge in [-0.1, -0.05) is 0 Å². The smallest absolute Gasteiger partial charge is 0.128 e. The van der Waals surface area contributed by atoms with Crippen molar-refractivity contribution in [2.45, 2.75) is 25.8 Å². The Balaban J connectivity index is 2.13. The minimum atomic E-state index is 0.336. The molecule has 0 atom stereocenters. The van der Waals surface area contributed by atoms with Gasteiger partial charge in [-0.15, -0.1) is 0 Å². The van der Waals surface area contributed by atoms with E-state index in [1.807, 2.05) is 23.0 Å². The first-order valence-corrected chi connectivity index (χ1v) is 5.76. The van der Waals surface area contributed by atoms with E-state index in [4.69, 9.17) is 5.26 Å². The minimum absolute atomic E-state index is 0.336. The van der Waals surface area contributed by atoms with Gasteiger partial charge >= 0.3 is 0 Å². The van der Waals surface area contributed by atoms with Gasteiger partial charge in [-0.05, 0) is 31.4 Å². The van der Waals surface area contributed by atoms with Gasteiger partial charge in [-0.25, -0.2) is 0 Å². The minimum Gasteiger partial charge on any atom is -0.264 e. The molecule has 0 aliphatic heterocycles. The van der Waals surface area contributed by atoms with Crippen LogP contribution in [0.3, 0.4) is 0 Å². The van der Waals surface area contributed by atoms with Gasteiger partial charge in [-0.2, -0.15) is 10.4 Å². The van der Waals surface area contributed by atoms with Crippen LogP contribution < -0.4 is 0 Å². The zero-order valence-electron chi connectivity index (χ0n) is 9.43. The molecule has 0 unspecified atom stereocenters. The second kappa shape index (κ2) is 4.02. The van der Waals surface area contributed by atoms with Gasteiger partial charge < -0.3 is 0 Å². The summed E-state index contributed by atoms with van der Waals surface area (Å²) in [6.45, 7) is 0.336. The van der Waals surface area contributed by atoms with E-state index >= 15 is 0 Å². The Labute approximate surface area is 99.5 Å². The third kappa shape index (κ3) is 1.60. The summed E-state index contributed by atoms with van der Waals surface area (Å²) in [6, 6.07) is 6.10. The van der Waals surface area contributed by atoms with E-state index in [1.54, 1.807) is 6.20 Å². The lowest BCUT2D eigenvalue weighted by molar-refractivity contribution is 0.664. The average molecular weight is 224 g/mol. The van der Waals surface area contributed by atoms with Crippen molar-refractivity contribution < 1.29 is 0 Å². The summed E-state index contributed by atoms with van der Waals surface area (Å²) in [7, 11) is 0. The molecule has 17 heavy (non-hydrogen) atoms. The van der Waals surface area contributed by atoms with E-state index in [0.717, 1.165) is 30.5 Å².